The van der Waals surface area contributed by atoms with E-state index in [2.05, 4.69) is 10.4 Å². The molecule has 0 fully saturated rings. The summed E-state index contributed by atoms with van der Waals surface area (Å²) < 4.78 is 1.61. The van der Waals surface area contributed by atoms with Crippen molar-refractivity contribution in [1.82, 2.24) is 9.78 Å². The smallest absolute Gasteiger partial charge is 0.256 e. The van der Waals surface area contributed by atoms with Crippen LogP contribution in [0.5, 0.6) is 0 Å². The maximum absolute atomic E-state index is 12.4. The summed E-state index contributed by atoms with van der Waals surface area (Å²) in [4.78, 5) is 13.4. The quantitative estimate of drug-likeness (QED) is 0.756. The molecule has 1 amide bonds. The van der Waals surface area contributed by atoms with Crippen molar-refractivity contribution in [1.29, 1.82) is 0 Å². The lowest BCUT2D eigenvalue weighted by Crippen LogP contribution is -2.16. The third kappa shape index (κ3) is 3.49. The summed E-state index contributed by atoms with van der Waals surface area (Å²) in [6.07, 6.45) is 0. The van der Waals surface area contributed by atoms with Gasteiger partial charge >= 0.3 is 0 Å². The second-order valence-electron chi connectivity index (χ2n) is 5.16. The molecular weight excluding hydrogens is 310 g/mol. The third-order valence-corrected chi connectivity index (χ3v) is 4.31. The SMILES string of the molecule is Cc1ccc(C(=O)Nc2cc(-c3cccs3)nn2CCO)cc1. The van der Waals surface area contributed by atoms with E-state index in [9.17, 15) is 9.90 Å². The fourth-order valence-electron chi connectivity index (χ4n) is 2.22. The number of nitrogens with zero attached hydrogens (tertiary/aromatic N) is 2. The Balaban J connectivity index is 1.86. The molecule has 5 nitrogen and oxygen atoms in total. The minimum atomic E-state index is -0.193. The number of aryl methyl sites for hydroxylation is 1. The van der Waals surface area contributed by atoms with Crippen LogP contribution in [0, 0.1) is 6.92 Å². The summed E-state index contributed by atoms with van der Waals surface area (Å²) in [5, 5.41) is 18.5. The van der Waals surface area contributed by atoms with E-state index in [1.54, 1.807) is 28.2 Å². The van der Waals surface area contributed by atoms with E-state index in [0.29, 0.717) is 17.9 Å². The van der Waals surface area contributed by atoms with Gasteiger partial charge in [-0.1, -0.05) is 23.8 Å². The van der Waals surface area contributed by atoms with E-state index in [1.807, 2.05) is 42.6 Å². The van der Waals surface area contributed by atoms with Crippen molar-refractivity contribution in [3.05, 3.63) is 59.0 Å². The van der Waals surface area contributed by atoms with Crippen LogP contribution in [0.2, 0.25) is 0 Å². The van der Waals surface area contributed by atoms with Crippen LogP contribution in [0.1, 0.15) is 15.9 Å². The molecule has 2 aromatic heterocycles. The van der Waals surface area contributed by atoms with E-state index >= 15 is 0 Å². The first-order valence-corrected chi connectivity index (χ1v) is 8.16. The molecular formula is C17H17N3O2S. The number of aromatic nitrogens is 2. The predicted molar refractivity (Wildman–Crippen MR) is 91.8 cm³/mol. The largest absolute Gasteiger partial charge is 0.394 e. The van der Waals surface area contributed by atoms with Crippen molar-refractivity contribution in [3.63, 3.8) is 0 Å². The predicted octanol–water partition coefficient (Wildman–Crippen LogP) is 3.16. The summed E-state index contributed by atoms with van der Waals surface area (Å²) in [5.74, 6) is 0.384. The van der Waals surface area contributed by atoms with Gasteiger partial charge in [-0.25, -0.2) is 4.68 Å². The number of aliphatic hydroxyl groups excluding tert-OH is 1. The maximum atomic E-state index is 12.4. The molecule has 1 aromatic carbocycles. The van der Waals surface area contributed by atoms with Crippen molar-refractivity contribution >= 4 is 23.1 Å². The number of thiophene rings is 1. The Morgan fingerprint density at radius 3 is 2.74 bits per heavy atom. The van der Waals surface area contributed by atoms with Gasteiger partial charge in [0.15, 0.2) is 0 Å². The summed E-state index contributed by atoms with van der Waals surface area (Å²) in [7, 11) is 0. The minimum Gasteiger partial charge on any atom is -0.394 e. The lowest BCUT2D eigenvalue weighted by molar-refractivity contribution is 0.102. The number of hydrogen-bond donors (Lipinski definition) is 2. The van der Waals surface area contributed by atoms with E-state index in [1.165, 1.54) is 0 Å². The van der Waals surface area contributed by atoms with Gasteiger partial charge in [0.25, 0.3) is 5.91 Å². The summed E-state index contributed by atoms with van der Waals surface area (Å²) in [6, 6.07) is 13.1. The Kier molecular flexibility index (Phi) is 4.55. The molecule has 0 aliphatic carbocycles. The Hall–Kier alpha value is -2.44. The molecule has 6 heteroatoms. The number of nitrogens with one attached hydrogen (secondary N) is 1. The molecule has 0 atom stereocenters. The number of amides is 1. The molecule has 2 heterocycles. The van der Waals surface area contributed by atoms with Gasteiger partial charge in [0, 0.05) is 11.6 Å². The normalized spacial score (nSPS) is 10.7. The van der Waals surface area contributed by atoms with Crippen LogP contribution in [-0.4, -0.2) is 27.4 Å². The second-order valence-corrected chi connectivity index (χ2v) is 6.11. The van der Waals surface area contributed by atoms with Gasteiger partial charge in [0.2, 0.25) is 0 Å². The molecule has 0 spiro atoms. The summed E-state index contributed by atoms with van der Waals surface area (Å²) >= 11 is 1.58. The number of benzene rings is 1. The van der Waals surface area contributed by atoms with Crippen molar-refractivity contribution in [2.75, 3.05) is 11.9 Å². The van der Waals surface area contributed by atoms with E-state index in [4.69, 9.17) is 0 Å². The summed E-state index contributed by atoms with van der Waals surface area (Å²) in [6.45, 7) is 2.26. The number of anilines is 1. The minimum absolute atomic E-state index is 0.0427. The first-order valence-electron chi connectivity index (χ1n) is 7.28. The zero-order valence-electron chi connectivity index (χ0n) is 12.7. The van der Waals surface area contributed by atoms with Gasteiger partial charge in [-0.2, -0.15) is 5.10 Å². The van der Waals surface area contributed by atoms with Gasteiger partial charge in [0.1, 0.15) is 11.5 Å². The molecule has 0 radical (unpaired) electrons. The number of hydrogen-bond acceptors (Lipinski definition) is 4. The topological polar surface area (TPSA) is 67.2 Å². The van der Waals surface area contributed by atoms with Crippen LogP contribution >= 0.6 is 11.3 Å². The Morgan fingerprint density at radius 1 is 1.30 bits per heavy atom. The molecule has 3 aromatic rings. The van der Waals surface area contributed by atoms with E-state index < -0.39 is 0 Å². The second kappa shape index (κ2) is 6.76. The highest BCUT2D eigenvalue weighted by Crippen LogP contribution is 2.26. The van der Waals surface area contributed by atoms with Crippen LogP contribution in [0.3, 0.4) is 0 Å². The Bertz CT molecular complexity index is 792. The highest BCUT2D eigenvalue weighted by atomic mass is 32.1. The summed E-state index contributed by atoms with van der Waals surface area (Å²) in [5.41, 5.74) is 2.48. The van der Waals surface area contributed by atoms with Gasteiger partial charge in [0.05, 0.1) is 18.0 Å². The van der Waals surface area contributed by atoms with Crippen LogP contribution < -0.4 is 5.32 Å². The number of carbonyl (C=O) groups excluding carboxylic acids is 1. The fourth-order valence-corrected chi connectivity index (χ4v) is 2.90. The van der Waals surface area contributed by atoms with Crippen molar-refractivity contribution in [2.45, 2.75) is 13.5 Å². The Labute approximate surface area is 138 Å². The molecule has 23 heavy (non-hydrogen) atoms. The van der Waals surface area contributed by atoms with Gasteiger partial charge < -0.3 is 10.4 Å². The maximum Gasteiger partial charge on any atom is 0.256 e. The van der Waals surface area contributed by atoms with Crippen LogP contribution in [0.25, 0.3) is 10.6 Å². The third-order valence-electron chi connectivity index (χ3n) is 3.42. The van der Waals surface area contributed by atoms with E-state index in [0.717, 1.165) is 16.1 Å². The lowest BCUT2D eigenvalue weighted by atomic mass is 10.1. The van der Waals surface area contributed by atoms with Crippen LogP contribution in [0.4, 0.5) is 5.82 Å². The number of aliphatic hydroxyl groups is 1. The molecule has 0 saturated heterocycles. The molecule has 2 N–H and O–H groups in total. The average molecular weight is 327 g/mol. The standard InChI is InChI=1S/C17H17N3O2S/c1-12-4-6-13(7-5-12)17(22)18-16-11-14(15-3-2-10-23-15)19-20(16)8-9-21/h2-7,10-11,21H,8-9H2,1H3,(H,18,22). The van der Waals surface area contributed by atoms with Gasteiger partial charge in [-0.3, -0.25) is 4.79 Å². The fraction of sp³-hybridized carbons (Fsp3) is 0.176. The van der Waals surface area contributed by atoms with Crippen molar-refractivity contribution in [3.8, 4) is 10.6 Å². The molecule has 0 saturated carbocycles. The molecule has 0 bridgehead atoms. The molecule has 118 valence electrons. The first kappa shape index (κ1) is 15.5. The van der Waals surface area contributed by atoms with Crippen LogP contribution in [0.15, 0.2) is 47.8 Å². The molecule has 0 aliphatic heterocycles. The molecule has 0 aliphatic rings. The van der Waals surface area contributed by atoms with Crippen molar-refractivity contribution in [2.24, 2.45) is 0 Å². The monoisotopic (exact) mass is 327 g/mol. The molecule has 3 rings (SSSR count). The lowest BCUT2D eigenvalue weighted by Gasteiger charge is -2.07. The van der Waals surface area contributed by atoms with Crippen LogP contribution in [-0.2, 0) is 6.54 Å². The zero-order valence-corrected chi connectivity index (χ0v) is 13.5. The number of carbonyl (C=O) groups is 1. The zero-order chi connectivity index (χ0) is 16.2. The number of rotatable bonds is 5. The van der Waals surface area contributed by atoms with Gasteiger partial charge in [-0.15, -0.1) is 11.3 Å². The van der Waals surface area contributed by atoms with Crippen molar-refractivity contribution < 1.29 is 9.90 Å². The highest BCUT2D eigenvalue weighted by molar-refractivity contribution is 7.13. The highest BCUT2D eigenvalue weighted by Gasteiger charge is 2.13. The first-order chi connectivity index (χ1) is 11.2. The van der Waals surface area contributed by atoms with Gasteiger partial charge in [-0.05, 0) is 30.5 Å². The Morgan fingerprint density at radius 2 is 2.09 bits per heavy atom. The average Bonchev–Trinajstić information content (AvgIpc) is 3.18. The van der Waals surface area contributed by atoms with E-state index in [-0.39, 0.29) is 12.5 Å². The molecule has 0 unspecified atom stereocenters.